The first kappa shape index (κ1) is 24.7. The summed E-state index contributed by atoms with van der Waals surface area (Å²) in [6.45, 7) is 9.95. The minimum atomic E-state index is -0.196. The summed E-state index contributed by atoms with van der Waals surface area (Å²) in [5, 5.41) is 10.0. The Morgan fingerprint density at radius 2 is 1.64 bits per heavy atom. The number of carbonyl (C=O) groups excluding carboxylic acids is 1. The first-order valence-electron chi connectivity index (χ1n) is 13.5. The molecule has 3 aromatic rings. The number of benzene rings is 1. The summed E-state index contributed by atoms with van der Waals surface area (Å²) in [6, 6.07) is 8.81. The molecule has 1 amide bonds. The van der Waals surface area contributed by atoms with Gasteiger partial charge in [0.2, 0.25) is 5.91 Å². The number of hydrogen-bond donors (Lipinski definition) is 0. The average Bonchev–Trinajstić information content (AvgIpc) is 3.25. The van der Waals surface area contributed by atoms with Gasteiger partial charge in [-0.3, -0.25) is 14.5 Å². The van der Waals surface area contributed by atoms with Crippen molar-refractivity contribution in [1.29, 1.82) is 0 Å². The highest BCUT2D eigenvalue weighted by molar-refractivity contribution is 5.83. The molecule has 0 radical (unpaired) electrons. The Kier molecular flexibility index (Phi) is 7.23. The lowest BCUT2D eigenvalue weighted by molar-refractivity contribution is -0.133. The van der Waals surface area contributed by atoms with Crippen LogP contribution in [0.4, 0.5) is 0 Å². The van der Waals surface area contributed by atoms with E-state index in [9.17, 15) is 9.59 Å². The van der Waals surface area contributed by atoms with Crippen molar-refractivity contribution in [3.8, 4) is 5.69 Å². The molecule has 0 N–H and O–H groups in total. The fourth-order valence-electron chi connectivity index (χ4n) is 5.89. The summed E-state index contributed by atoms with van der Waals surface area (Å²) in [6.07, 6.45) is 7.70. The third kappa shape index (κ3) is 4.96. The van der Waals surface area contributed by atoms with Crippen LogP contribution in [0, 0.1) is 20.8 Å². The number of aromatic nitrogens is 4. The van der Waals surface area contributed by atoms with E-state index in [0.717, 1.165) is 48.6 Å². The third-order valence-corrected chi connectivity index (χ3v) is 7.98. The zero-order valence-corrected chi connectivity index (χ0v) is 21.9. The normalized spacial score (nSPS) is 17.7. The Morgan fingerprint density at radius 1 is 0.944 bits per heavy atom. The van der Waals surface area contributed by atoms with Crippen molar-refractivity contribution in [2.75, 3.05) is 26.2 Å². The second-order valence-corrected chi connectivity index (χ2v) is 10.5. The molecule has 2 aromatic heterocycles. The van der Waals surface area contributed by atoms with Crippen LogP contribution in [0.5, 0.6) is 0 Å². The molecule has 1 saturated carbocycles. The Labute approximate surface area is 212 Å². The molecular weight excluding hydrogens is 452 g/mol. The van der Waals surface area contributed by atoms with Crippen molar-refractivity contribution in [2.45, 2.75) is 78.3 Å². The highest BCUT2D eigenvalue weighted by atomic mass is 16.2. The van der Waals surface area contributed by atoms with Crippen molar-refractivity contribution < 1.29 is 4.79 Å². The summed E-state index contributed by atoms with van der Waals surface area (Å²) >= 11 is 0. The Balaban J connectivity index is 1.21. The van der Waals surface area contributed by atoms with E-state index in [2.05, 4.69) is 15.1 Å². The van der Waals surface area contributed by atoms with E-state index in [4.69, 9.17) is 0 Å². The van der Waals surface area contributed by atoms with Gasteiger partial charge in [-0.05, 0) is 52.2 Å². The smallest absolute Gasteiger partial charge is 0.295 e. The summed E-state index contributed by atoms with van der Waals surface area (Å²) in [5.41, 5.74) is 4.03. The number of carbonyl (C=O) groups is 1. The predicted molar refractivity (Wildman–Crippen MR) is 142 cm³/mol. The molecule has 1 aromatic carbocycles. The average molecular weight is 491 g/mol. The molecule has 192 valence electrons. The molecule has 5 rings (SSSR count). The predicted octanol–water partition coefficient (Wildman–Crippen LogP) is 3.76. The molecule has 2 fully saturated rings. The van der Waals surface area contributed by atoms with E-state index in [1.54, 1.807) is 0 Å². The number of hydrogen-bond acceptors (Lipinski definition) is 5. The molecule has 1 aliphatic heterocycles. The van der Waals surface area contributed by atoms with Gasteiger partial charge in [-0.2, -0.15) is 10.2 Å². The van der Waals surface area contributed by atoms with Gasteiger partial charge < -0.3 is 4.90 Å². The van der Waals surface area contributed by atoms with Crippen LogP contribution in [0.1, 0.15) is 61.9 Å². The van der Waals surface area contributed by atoms with Crippen LogP contribution in [-0.4, -0.2) is 67.5 Å². The van der Waals surface area contributed by atoms with Gasteiger partial charge in [-0.15, -0.1) is 0 Å². The first-order valence-corrected chi connectivity index (χ1v) is 13.5. The lowest BCUT2D eigenvalue weighted by atomic mass is 9.94. The Hall–Kier alpha value is -3.00. The highest BCUT2D eigenvalue weighted by Crippen LogP contribution is 2.24. The van der Waals surface area contributed by atoms with Gasteiger partial charge in [0.05, 0.1) is 22.5 Å². The SMILES string of the molecule is Cc1ccc(-n2nc3c(=O)n(CCCC(=O)N4CCN(C5CCCCC5)CC4)nc(C)c3c2C)cc1. The molecular formula is C28H38N6O2. The third-order valence-electron chi connectivity index (χ3n) is 7.98. The maximum absolute atomic E-state index is 13.2. The number of rotatable bonds is 6. The van der Waals surface area contributed by atoms with Crippen LogP contribution in [0.25, 0.3) is 16.6 Å². The maximum Gasteiger partial charge on any atom is 0.295 e. The van der Waals surface area contributed by atoms with Crippen molar-refractivity contribution in [3.63, 3.8) is 0 Å². The number of piperazine rings is 1. The van der Waals surface area contributed by atoms with Crippen molar-refractivity contribution in [2.24, 2.45) is 0 Å². The van der Waals surface area contributed by atoms with Gasteiger partial charge in [0.1, 0.15) is 0 Å². The summed E-state index contributed by atoms with van der Waals surface area (Å²) < 4.78 is 3.30. The van der Waals surface area contributed by atoms with Crippen molar-refractivity contribution >= 4 is 16.8 Å². The summed E-state index contributed by atoms with van der Waals surface area (Å²) in [7, 11) is 0. The van der Waals surface area contributed by atoms with E-state index in [-0.39, 0.29) is 11.5 Å². The van der Waals surface area contributed by atoms with E-state index >= 15 is 0 Å². The fourth-order valence-corrected chi connectivity index (χ4v) is 5.89. The number of aryl methyl sites for hydroxylation is 4. The van der Waals surface area contributed by atoms with Crippen LogP contribution in [0.15, 0.2) is 29.1 Å². The van der Waals surface area contributed by atoms with E-state index in [1.807, 2.05) is 54.6 Å². The fraction of sp³-hybridized carbons (Fsp3) is 0.571. The Morgan fingerprint density at radius 3 is 2.33 bits per heavy atom. The van der Waals surface area contributed by atoms with Crippen LogP contribution in [0.3, 0.4) is 0 Å². The van der Waals surface area contributed by atoms with Crippen LogP contribution >= 0.6 is 0 Å². The number of amides is 1. The lowest BCUT2D eigenvalue weighted by Gasteiger charge is -2.40. The standard InChI is InChI=1S/C28H38N6O2/c1-20-11-13-24(14-12-20)34-22(3)26-21(2)29-33(28(36)27(26)30-34)15-7-10-25(35)32-18-16-31(17-19-32)23-8-5-4-6-9-23/h11-14,23H,4-10,15-19H2,1-3H3. The molecule has 0 unspecified atom stereocenters. The van der Waals surface area contributed by atoms with E-state index in [0.29, 0.717) is 30.9 Å². The van der Waals surface area contributed by atoms with Crippen LogP contribution in [-0.2, 0) is 11.3 Å². The van der Waals surface area contributed by atoms with Crippen molar-refractivity contribution in [1.82, 2.24) is 29.4 Å². The molecule has 0 bridgehead atoms. The molecule has 1 aliphatic carbocycles. The largest absolute Gasteiger partial charge is 0.340 e. The molecule has 36 heavy (non-hydrogen) atoms. The molecule has 8 nitrogen and oxygen atoms in total. The quantitative estimate of drug-likeness (QED) is 0.526. The monoisotopic (exact) mass is 490 g/mol. The first-order chi connectivity index (χ1) is 17.4. The molecule has 3 heterocycles. The topological polar surface area (TPSA) is 76.3 Å². The minimum absolute atomic E-state index is 0.184. The Bertz CT molecular complexity index is 1280. The van der Waals surface area contributed by atoms with Gasteiger partial charge in [0, 0.05) is 45.2 Å². The van der Waals surface area contributed by atoms with E-state index < -0.39 is 0 Å². The maximum atomic E-state index is 13.2. The molecule has 0 atom stereocenters. The van der Waals surface area contributed by atoms with Crippen molar-refractivity contribution in [3.05, 3.63) is 51.6 Å². The number of nitrogens with zero attached hydrogens (tertiary/aromatic N) is 6. The molecule has 1 saturated heterocycles. The molecule has 8 heteroatoms. The molecule has 2 aliphatic rings. The van der Waals surface area contributed by atoms with Gasteiger partial charge in [0.25, 0.3) is 5.56 Å². The minimum Gasteiger partial charge on any atom is -0.340 e. The zero-order chi connectivity index (χ0) is 25.2. The van der Waals surface area contributed by atoms with Gasteiger partial charge in [-0.1, -0.05) is 37.0 Å². The number of fused-ring (bicyclic) bond motifs is 1. The van der Waals surface area contributed by atoms with Gasteiger partial charge in [0.15, 0.2) is 5.52 Å². The van der Waals surface area contributed by atoms with Gasteiger partial charge in [-0.25, -0.2) is 9.36 Å². The lowest BCUT2D eigenvalue weighted by Crippen LogP contribution is -2.52. The van der Waals surface area contributed by atoms with E-state index in [1.165, 1.54) is 42.3 Å². The van der Waals surface area contributed by atoms with Crippen LogP contribution < -0.4 is 5.56 Å². The summed E-state index contributed by atoms with van der Waals surface area (Å²) in [4.78, 5) is 30.6. The van der Waals surface area contributed by atoms with Crippen LogP contribution in [0.2, 0.25) is 0 Å². The van der Waals surface area contributed by atoms with Gasteiger partial charge >= 0.3 is 0 Å². The highest BCUT2D eigenvalue weighted by Gasteiger charge is 2.27. The second kappa shape index (κ2) is 10.5. The zero-order valence-electron chi connectivity index (χ0n) is 21.9. The molecule has 0 spiro atoms. The summed E-state index contributed by atoms with van der Waals surface area (Å²) in [5.74, 6) is 0.184. The second-order valence-electron chi connectivity index (χ2n) is 10.5.